The molecule has 0 unspecified atom stereocenters. The van der Waals surface area contributed by atoms with E-state index >= 15 is 0 Å². The summed E-state index contributed by atoms with van der Waals surface area (Å²) in [4.78, 5) is 21.4. The van der Waals surface area contributed by atoms with Gasteiger partial charge in [-0.05, 0) is 49.6 Å². The zero-order valence-corrected chi connectivity index (χ0v) is 16.1. The third kappa shape index (κ3) is 4.15. The molecule has 1 fully saturated rings. The zero-order chi connectivity index (χ0) is 18.7. The standard InChI is InChI=1S/C21H28N4O/c1-15(2)18-8-10-19(11-9-18)23-21(26)25-13-12-24(14-17(25)4)20-7-5-6-16(3)22-20/h5-11,15,17H,12-14H2,1-4H3,(H,23,26)/t17-/m1/s1. The molecule has 1 aromatic carbocycles. The molecule has 5 nitrogen and oxygen atoms in total. The second-order valence-corrected chi connectivity index (χ2v) is 7.33. The summed E-state index contributed by atoms with van der Waals surface area (Å²) in [5.41, 5.74) is 3.13. The van der Waals surface area contributed by atoms with Crippen LogP contribution < -0.4 is 10.2 Å². The number of piperazine rings is 1. The maximum absolute atomic E-state index is 12.7. The van der Waals surface area contributed by atoms with Crippen molar-refractivity contribution >= 4 is 17.5 Å². The van der Waals surface area contributed by atoms with E-state index in [9.17, 15) is 4.79 Å². The average Bonchev–Trinajstić information content (AvgIpc) is 2.62. The van der Waals surface area contributed by atoms with E-state index in [1.165, 1.54) is 5.56 Å². The van der Waals surface area contributed by atoms with Crippen LogP contribution in [0.4, 0.5) is 16.3 Å². The molecule has 138 valence electrons. The van der Waals surface area contributed by atoms with E-state index in [1.807, 2.05) is 42.2 Å². The first-order valence-corrected chi connectivity index (χ1v) is 9.30. The van der Waals surface area contributed by atoms with Crippen LogP contribution in [0.25, 0.3) is 0 Å². The first kappa shape index (κ1) is 18.2. The third-order valence-electron chi connectivity index (χ3n) is 4.91. The number of aromatic nitrogens is 1. The van der Waals surface area contributed by atoms with Gasteiger partial charge in [0.15, 0.2) is 0 Å². The van der Waals surface area contributed by atoms with Crippen molar-refractivity contribution in [3.05, 3.63) is 53.7 Å². The largest absolute Gasteiger partial charge is 0.353 e. The van der Waals surface area contributed by atoms with Gasteiger partial charge in [0.1, 0.15) is 5.82 Å². The molecule has 3 rings (SSSR count). The Morgan fingerprint density at radius 1 is 1.15 bits per heavy atom. The highest BCUT2D eigenvalue weighted by atomic mass is 16.2. The Labute approximate surface area is 156 Å². The van der Waals surface area contributed by atoms with Gasteiger partial charge in [0.25, 0.3) is 0 Å². The van der Waals surface area contributed by atoms with Crippen LogP contribution >= 0.6 is 0 Å². The second kappa shape index (κ2) is 7.77. The molecule has 2 heterocycles. The van der Waals surface area contributed by atoms with Crippen molar-refractivity contribution in [2.24, 2.45) is 0 Å². The van der Waals surface area contributed by atoms with E-state index < -0.39 is 0 Å². The summed E-state index contributed by atoms with van der Waals surface area (Å²) < 4.78 is 0. The quantitative estimate of drug-likeness (QED) is 0.898. The van der Waals surface area contributed by atoms with Crippen LogP contribution in [-0.4, -0.2) is 41.6 Å². The molecular weight excluding hydrogens is 324 g/mol. The third-order valence-corrected chi connectivity index (χ3v) is 4.91. The van der Waals surface area contributed by atoms with Gasteiger partial charge in [-0.15, -0.1) is 0 Å². The zero-order valence-electron chi connectivity index (χ0n) is 16.1. The minimum Gasteiger partial charge on any atom is -0.353 e. The monoisotopic (exact) mass is 352 g/mol. The molecule has 1 aromatic heterocycles. The Kier molecular flexibility index (Phi) is 5.45. The maximum Gasteiger partial charge on any atom is 0.322 e. The Balaban J connectivity index is 1.61. The van der Waals surface area contributed by atoms with Gasteiger partial charge in [-0.25, -0.2) is 9.78 Å². The lowest BCUT2D eigenvalue weighted by Crippen LogP contribution is -2.55. The van der Waals surface area contributed by atoms with E-state index in [0.717, 1.165) is 30.3 Å². The van der Waals surface area contributed by atoms with E-state index in [4.69, 9.17) is 0 Å². The number of hydrogen-bond acceptors (Lipinski definition) is 3. The molecular formula is C21H28N4O. The van der Waals surface area contributed by atoms with Gasteiger partial charge in [-0.1, -0.05) is 32.0 Å². The molecule has 2 aromatic rings. The van der Waals surface area contributed by atoms with Gasteiger partial charge >= 0.3 is 6.03 Å². The Morgan fingerprint density at radius 3 is 2.50 bits per heavy atom. The van der Waals surface area contributed by atoms with Crippen LogP contribution in [0.1, 0.15) is 37.9 Å². The number of pyridine rings is 1. The van der Waals surface area contributed by atoms with Crippen molar-refractivity contribution < 1.29 is 4.79 Å². The van der Waals surface area contributed by atoms with Crippen LogP contribution in [-0.2, 0) is 0 Å². The number of amides is 2. The molecule has 1 aliphatic rings. The highest BCUT2D eigenvalue weighted by molar-refractivity contribution is 5.89. The average molecular weight is 352 g/mol. The molecule has 26 heavy (non-hydrogen) atoms. The number of rotatable bonds is 3. The number of urea groups is 1. The number of aryl methyl sites for hydroxylation is 1. The molecule has 1 N–H and O–H groups in total. The van der Waals surface area contributed by atoms with Crippen LogP contribution in [0.2, 0.25) is 0 Å². The number of nitrogens with zero attached hydrogens (tertiary/aromatic N) is 3. The Hall–Kier alpha value is -2.56. The number of anilines is 2. The molecule has 0 bridgehead atoms. The van der Waals surface area contributed by atoms with Gasteiger partial charge in [0, 0.05) is 37.1 Å². The molecule has 1 saturated heterocycles. The van der Waals surface area contributed by atoms with E-state index in [2.05, 4.69) is 48.1 Å². The minimum atomic E-state index is -0.0355. The van der Waals surface area contributed by atoms with Gasteiger partial charge in [-0.3, -0.25) is 0 Å². The van der Waals surface area contributed by atoms with Crippen molar-refractivity contribution in [1.29, 1.82) is 0 Å². The molecule has 0 spiro atoms. The minimum absolute atomic E-state index is 0.0355. The van der Waals surface area contributed by atoms with Crippen molar-refractivity contribution in [1.82, 2.24) is 9.88 Å². The van der Waals surface area contributed by atoms with Crippen LogP contribution in [0.15, 0.2) is 42.5 Å². The summed E-state index contributed by atoms with van der Waals surface area (Å²) >= 11 is 0. The van der Waals surface area contributed by atoms with E-state index in [1.54, 1.807) is 0 Å². The topological polar surface area (TPSA) is 48.5 Å². The molecule has 1 atom stereocenters. The lowest BCUT2D eigenvalue weighted by molar-refractivity contribution is 0.184. The molecule has 5 heteroatoms. The second-order valence-electron chi connectivity index (χ2n) is 7.33. The van der Waals surface area contributed by atoms with Crippen molar-refractivity contribution in [3.8, 4) is 0 Å². The molecule has 2 amide bonds. The number of hydrogen-bond donors (Lipinski definition) is 1. The van der Waals surface area contributed by atoms with Crippen molar-refractivity contribution in [3.63, 3.8) is 0 Å². The summed E-state index contributed by atoms with van der Waals surface area (Å²) in [6.07, 6.45) is 0. The Bertz CT molecular complexity index is 757. The number of benzene rings is 1. The van der Waals surface area contributed by atoms with E-state index in [-0.39, 0.29) is 12.1 Å². The fraction of sp³-hybridized carbons (Fsp3) is 0.429. The predicted molar refractivity (Wildman–Crippen MR) is 107 cm³/mol. The van der Waals surface area contributed by atoms with Gasteiger partial charge in [0.2, 0.25) is 0 Å². The highest BCUT2D eigenvalue weighted by Crippen LogP contribution is 2.20. The predicted octanol–water partition coefficient (Wildman–Crippen LogP) is 4.26. The lowest BCUT2D eigenvalue weighted by atomic mass is 10.0. The first-order valence-electron chi connectivity index (χ1n) is 9.30. The molecule has 0 saturated carbocycles. The van der Waals surface area contributed by atoms with Crippen LogP contribution in [0.5, 0.6) is 0 Å². The molecule has 0 aliphatic carbocycles. The maximum atomic E-state index is 12.7. The molecule has 1 aliphatic heterocycles. The van der Waals surface area contributed by atoms with Crippen molar-refractivity contribution in [2.75, 3.05) is 29.9 Å². The van der Waals surface area contributed by atoms with E-state index in [0.29, 0.717) is 12.5 Å². The smallest absolute Gasteiger partial charge is 0.322 e. The normalized spacial score (nSPS) is 17.5. The van der Waals surface area contributed by atoms with Gasteiger partial charge in [-0.2, -0.15) is 0 Å². The number of nitrogens with one attached hydrogen (secondary N) is 1. The van der Waals surface area contributed by atoms with Crippen molar-refractivity contribution in [2.45, 2.75) is 39.7 Å². The SMILES string of the molecule is Cc1cccc(N2CCN(C(=O)Nc3ccc(C(C)C)cc3)[C@H](C)C2)n1. The fourth-order valence-corrected chi connectivity index (χ4v) is 3.32. The summed E-state index contributed by atoms with van der Waals surface area (Å²) in [6, 6.07) is 14.3. The van der Waals surface area contributed by atoms with Crippen LogP contribution in [0, 0.1) is 6.92 Å². The highest BCUT2D eigenvalue weighted by Gasteiger charge is 2.28. The number of carbonyl (C=O) groups excluding carboxylic acids is 1. The summed E-state index contributed by atoms with van der Waals surface area (Å²) in [6.45, 7) is 10.7. The van der Waals surface area contributed by atoms with Gasteiger partial charge in [0.05, 0.1) is 0 Å². The van der Waals surface area contributed by atoms with Gasteiger partial charge < -0.3 is 15.1 Å². The summed E-state index contributed by atoms with van der Waals surface area (Å²) in [7, 11) is 0. The van der Waals surface area contributed by atoms with Crippen LogP contribution in [0.3, 0.4) is 0 Å². The molecule has 0 radical (unpaired) electrons. The summed E-state index contributed by atoms with van der Waals surface area (Å²) in [5, 5.41) is 3.02. The lowest BCUT2D eigenvalue weighted by Gasteiger charge is -2.40. The number of carbonyl (C=O) groups is 1. The first-order chi connectivity index (χ1) is 12.4. The Morgan fingerprint density at radius 2 is 1.88 bits per heavy atom. The summed E-state index contributed by atoms with van der Waals surface area (Å²) in [5.74, 6) is 1.48. The fourth-order valence-electron chi connectivity index (χ4n) is 3.32.